The van der Waals surface area contributed by atoms with Crippen LogP contribution in [0.25, 0.3) is 0 Å². The fourth-order valence-electron chi connectivity index (χ4n) is 0. The molecule has 0 aliphatic rings. The number of carbonyl (C=O) groups excluding carboxylic acids is 1. The number of amides is 1. The van der Waals surface area contributed by atoms with Crippen LogP contribution in [-0.4, -0.2) is 11.2 Å². The summed E-state index contributed by atoms with van der Waals surface area (Å²) in [4.78, 5) is 9.73. The minimum absolute atomic E-state index is 0.426. The van der Waals surface area contributed by atoms with Gasteiger partial charge in [0.05, 0.1) is 5.25 Å². The van der Waals surface area contributed by atoms with Gasteiger partial charge in [-0.1, -0.05) is 0 Å². The summed E-state index contributed by atoms with van der Waals surface area (Å²) in [7, 11) is 0. The molecule has 6 heavy (non-hydrogen) atoms. The van der Waals surface area contributed by atoms with Gasteiger partial charge < -0.3 is 0 Å². The predicted octanol–water partition coefficient (Wildman–Crippen LogP) is 0.114. The van der Waals surface area contributed by atoms with Gasteiger partial charge in [0.1, 0.15) is 0 Å². The van der Waals surface area contributed by atoms with Crippen LogP contribution in [0.2, 0.25) is 0 Å². The van der Waals surface area contributed by atoms with Crippen LogP contribution in [0.1, 0.15) is 6.92 Å². The van der Waals surface area contributed by atoms with Crippen molar-refractivity contribution in [2.45, 2.75) is 12.2 Å². The monoisotopic (exact) mass is 104 g/mol. The summed E-state index contributed by atoms with van der Waals surface area (Å²) in [6.07, 6.45) is 0. The molecule has 0 saturated heterocycles. The summed E-state index contributed by atoms with van der Waals surface area (Å²) < 4.78 is 0. The molecule has 0 bridgehead atoms. The molecule has 0 spiro atoms. The summed E-state index contributed by atoms with van der Waals surface area (Å²) >= 11 is 3.66. The second-order valence-corrected chi connectivity index (χ2v) is 1.81. The molecule has 1 amide bonds. The molecule has 2 nitrogen and oxygen atoms in total. The van der Waals surface area contributed by atoms with E-state index in [0.29, 0.717) is 0 Å². The third kappa shape index (κ3) is 2.08. The maximum absolute atomic E-state index is 9.73. The Morgan fingerprint density at radius 2 is 2.17 bits per heavy atom. The van der Waals surface area contributed by atoms with Crippen molar-refractivity contribution in [3.63, 3.8) is 0 Å². The molecule has 35 valence electrons. The van der Waals surface area contributed by atoms with Crippen LogP contribution < -0.4 is 5.73 Å². The minimum atomic E-state index is -0.627. The van der Waals surface area contributed by atoms with Crippen molar-refractivity contribution in [2.24, 2.45) is 0 Å². The lowest BCUT2D eigenvalue weighted by atomic mass is 10.5. The van der Waals surface area contributed by atoms with Gasteiger partial charge in [0.2, 0.25) is 0 Å². The molecule has 1 radical (unpaired) electrons. The molecule has 0 heterocycles. The van der Waals surface area contributed by atoms with Crippen LogP contribution in [0.3, 0.4) is 0 Å². The van der Waals surface area contributed by atoms with Crippen molar-refractivity contribution >= 4 is 18.5 Å². The smallest absolute Gasteiger partial charge is 0.250 e. The molecular weight excluding hydrogens is 98.1 g/mol. The molecule has 0 rings (SSSR count). The van der Waals surface area contributed by atoms with Gasteiger partial charge in [-0.15, -0.1) is 0 Å². The van der Waals surface area contributed by atoms with E-state index in [9.17, 15) is 4.79 Å². The van der Waals surface area contributed by atoms with Crippen LogP contribution in [-0.2, 0) is 4.79 Å². The largest absolute Gasteiger partial charge is 0.272 e. The summed E-state index contributed by atoms with van der Waals surface area (Å²) in [6.45, 7) is 1.57. The molecule has 0 saturated carbocycles. The normalized spacial score (nSPS) is 13.7. The van der Waals surface area contributed by atoms with E-state index in [-0.39, 0.29) is 0 Å². The van der Waals surface area contributed by atoms with Gasteiger partial charge >= 0.3 is 0 Å². The zero-order chi connectivity index (χ0) is 5.15. The fraction of sp³-hybridized carbons (Fsp3) is 0.667. The number of hydrogen-bond acceptors (Lipinski definition) is 2. The number of rotatable bonds is 1. The molecule has 3 heteroatoms. The minimum Gasteiger partial charge on any atom is -0.272 e. The van der Waals surface area contributed by atoms with E-state index < -0.39 is 11.2 Å². The Bertz CT molecular complexity index is 61.8. The van der Waals surface area contributed by atoms with Crippen LogP contribution in [0.4, 0.5) is 0 Å². The van der Waals surface area contributed by atoms with E-state index in [1.165, 1.54) is 0 Å². The SMILES string of the molecule is CC(S)C([NH])=O. The average molecular weight is 104 g/mol. The van der Waals surface area contributed by atoms with E-state index in [2.05, 4.69) is 12.6 Å². The summed E-state index contributed by atoms with van der Waals surface area (Å²) in [5, 5.41) is -0.426. The first-order valence-corrected chi connectivity index (χ1v) is 2.09. The van der Waals surface area contributed by atoms with E-state index >= 15 is 0 Å². The van der Waals surface area contributed by atoms with Gasteiger partial charge in [-0.25, -0.2) is 0 Å². The van der Waals surface area contributed by atoms with Crippen LogP contribution in [0.15, 0.2) is 0 Å². The second-order valence-electron chi connectivity index (χ2n) is 1.04. The van der Waals surface area contributed by atoms with Gasteiger partial charge in [0.25, 0.3) is 5.91 Å². The van der Waals surface area contributed by atoms with Crippen molar-refractivity contribution < 1.29 is 4.79 Å². The molecule has 0 aliphatic heterocycles. The standard InChI is InChI=1S/C3H6NOS/c1-2(6)3(4)5/h2,4,6H,1H3. The summed E-state index contributed by atoms with van der Waals surface area (Å²) in [5.41, 5.74) is 6.32. The Labute approximate surface area is 42.1 Å². The van der Waals surface area contributed by atoms with Crippen molar-refractivity contribution in [3.05, 3.63) is 0 Å². The first kappa shape index (κ1) is 5.82. The molecule has 0 fully saturated rings. The van der Waals surface area contributed by atoms with E-state index in [1.54, 1.807) is 6.92 Å². The number of thiol groups is 1. The topological polar surface area (TPSA) is 40.9 Å². The highest BCUT2D eigenvalue weighted by molar-refractivity contribution is 7.81. The van der Waals surface area contributed by atoms with Crippen LogP contribution in [0, 0.1) is 0 Å². The lowest BCUT2D eigenvalue weighted by Gasteiger charge is -1.88. The van der Waals surface area contributed by atoms with Gasteiger partial charge in [-0.3, -0.25) is 10.5 Å². The Morgan fingerprint density at radius 3 is 2.17 bits per heavy atom. The molecular formula is C3H6NOS. The lowest BCUT2D eigenvalue weighted by Crippen LogP contribution is -2.09. The molecule has 0 aliphatic carbocycles. The van der Waals surface area contributed by atoms with E-state index in [4.69, 9.17) is 5.73 Å². The summed E-state index contributed by atoms with van der Waals surface area (Å²) in [5.74, 6) is -0.627. The van der Waals surface area contributed by atoms with Crippen LogP contribution in [0.5, 0.6) is 0 Å². The predicted molar refractivity (Wildman–Crippen MR) is 26.6 cm³/mol. The van der Waals surface area contributed by atoms with E-state index in [0.717, 1.165) is 0 Å². The van der Waals surface area contributed by atoms with Gasteiger partial charge in [0.15, 0.2) is 0 Å². The molecule has 0 aromatic rings. The average Bonchev–Trinajstić information content (AvgIpc) is 1.36. The maximum atomic E-state index is 9.73. The second kappa shape index (κ2) is 2.08. The van der Waals surface area contributed by atoms with Crippen LogP contribution >= 0.6 is 12.6 Å². The first-order chi connectivity index (χ1) is 2.64. The Balaban J connectivity index is 3.26. The highest BCUT2D eigenvalue weighted by Gasteiger charge is 1.98. The lowest BCUT2D eigenvalue weighted by molar-refractivity contribution is -0.117. The number of carbonyl (C=O) groups is 1. The van der Waals surface area contributed by atoms with Gasteiger partial charge in [0, 0.05) is 0 Å². The molecule has 1 atom stereocenters. The fourth-order valence-corrected chi connectivity index (χ4v) is 0. The van der Waals surface area contributed by atoms with E-state index in [1.807, 2.05) is 0 Å². The highest BCUT2D eigenvalue weighted by atomic mass is 32.1. The highest BCUT2D eigenvalue weighted by Crippen LogP contribution is 1.87. The third-order valence-electron chi connectivity index (χ3n) is 0.379. The van der Waals surface area contributed by atoms with Gasteiger partial charge in [-0.2, -0.15) is 12.6 Å². The summed E-state index contributed by atoms with van der Waals surface area (Å²) in [6, 6.07) is 0. The molecule has 0 aromatic carbocycles. The quantitative estimate of drug-likeness (QED) is 0.471. The van der Waals surface area contributed by atoms with Gasteiger partial charge in [-0.05, 0) is 6.92 Å². The molecule has 1 unspecified atom stereocenters. The zero-order valence-electron chi connectivity index (χ0n) is 3.43. The van der Waals surface area contributed by atoms with Crippen molar-refractivity contribution in [2.75, 3.05) is 0 Å². The molecule has 0 aromatic heterocycles. The van der Waals surface area contributed by atoms with Crippen molar-refractivity contribution in [1.82, 2.24) is 5.73 Å². The first-order valence-electron chi connectivity index (χ1n) is 1.58. The van der Waals surface area contributed by atoms with Crippen molar-refractivity contribution in [3.8, 4) is 0 Å². The van der Waals surface area contributed by atoms with Crippen molar-refractivity contribution in [1.29, 1.82) is 0 Å². The Morgan fingerprint density at radius 1 is 2.00 bits per heavy atom. The number of hydrogen-bond donors (Lipinski definition) is 1. The Kier molecular flexibility index (Phi) is 2.01. The third-order valence-corrected chi connectivity index (χ3v) is 0.614. The number of nitrogens with one attached hydrogen (secondary N) is 1. The Hall–Kier alpha value is -0.180. The zero-order valence-corrected chi connectivity index (χ0v) is 4.33. The maximum Gasteiger partial charge on any atom is 0.250 e. The molecule has 1 N–H and O–H groups in total.